The Bertz CT molecular complexity index is 1470. The van der Waals surface area contributed by atoms with Crippen molar-refractivity contribution in [2.75, 3.05) is 31.1 Å². The molecule has 0 spiro atoms. The molecule has 2 aliphatic rings. The van der Waals surface area contributed by atoms with E-state index in [4.69, 9.17) is 0 Å². The van der Waals surface area contributed by atoms with E-state index in [0.29, 0.717) is 19.5 Å². The first-order valence-corrected chi connectivity index (χ1v) is 13.1. The maximum Gasteiger partial charge on any atom is 0.242 e. The number of piperazine rings is 1. The first-order valence-electron chi connectivity index (χ1n) is 13.1. The molecule has 1 fully saturated rings. The number of hydrogen-bond acceptors (Lipinski definition) is 6. The van der Waals surface area contributed by atoms with Gasteiger partial charge in [0.05, 0.1) is 12.7 Å². The third-order valence-electron chi connectivity index (χ3n) is 7.65. The minimum absolute atomic E-state index is 0.0572. The quantitative estimate of drug-likeness (QED) is 0.411. The summed E-state index contributed by atoms with van der Waals surface area (Å²) in [5, 5.41) is 0. The highest BCUT2D eigenvalue weighted by Crippen LogP contribution is 2.31. The molecule has 6 rings (SSSR count). The lowest BCUT2D eigenvalue weighted by atomic mass is 9.96. The number of benzene rings is 1. The molecule has 1 aromatic carbocycles. The van der Waals surface area contributed by atoms with E-state index in [2.05, 4.69) is 45.0 Å². The molecule has 0 bridgehead atoms. The van der Waals surface area contributed by atoms with Crippen LogP contribution in [0.5, 0.6) is 0 Å². The molecule has 4 aromatic rings. The number of nitrogens with zero attached hydrogens (tertiary/aromatic N) is 7. The van der Waals surface area contributed by atoms with Crippen molar-refractivity contribution in [2.45, 2.75) is 38.9 Å². The van der Waals surface area contributed by atoms with E-state index < -0.39 is 0 Å². The van der Waals surface area contributed by atoms with Gasteiger partial charge < -0.3 is 19.3 Å². The largest absolute Gasteiger partial charge is 0.367 e. The average Bonchev–Trinajstić information content (AvgIpc) is 3.35. The summed E-state index contributed by atoms with van der Waals surface area (Å²) in [6, 6.07) is 14.1. The van der Waals surface area contributed by atoms with Crippen LogP contribution >= 0.6 is 0 Å². The summed E-state index contributed by atoms with van der Waals surface area (Å²) in [6.45, 7) is 5.81. The Morgan fingerprint density at radius 3 is 2.71 bits per heavy atom. The SMILES string of the molecule is CC1CN(c2cccc3c2CN(C(=O)Cc2cccnc2)CC3)CCN1C(=O)Cn1cnc2cccnc21. The van der Waals surface area contributed by atoms with Crippen LogP contribution in [-0.2, 0) is 35.5 Å². The first kappa shape index (κ1) is 24.1. The molecular formula is C29H31N7O2. The number of fused-ring (bicyclic) bond motifs is 2. The van der Waals surface area contributed by atoms with Crippen molar-refractivity contribution >= 4 is 28.7 Å². The van der Waals surface area contributed by atoms with Crippen molar-refractivity contribution in [3.8, 4) is 0 Å². The fourth-order valence-electron chi connectivity index (χ4n) is 5.66. The average molecular weight is 510 g/mol. The summed E-state index contributed by atoms with van der Waals surface area (Å²) in [4.78, 5) is 45.5. The van der Waals surface area contributed by atoms with Gasteiger partial charge in [0, 0.05) is 63.0 Å². The molecule has 0 saturated carbocycles. The molecule has 3 aromatic heterocycles. The molecule has 1 atom stereocenters. The second-order valence-corrected chi connectivity index (χ2v) is 10.1. The molecule has 0 aliphatic carbocycles. The molecule has 9 heteroatoms. The lowest BCUT2D eigenvalue weighted by Gasteiger charge is -2.42. The topological polar surface area (TPSA) is 87.5 Å². The number of carbonyl (C=O) groups excluding carboxylic acids is 2. The van der Waals surface area contributed by atoms with Crippen molar-refractivity contribution in [3.63, 3.8) is 0 Å². The van der Waals surface area contributed by atoms with E-state index in [9.17, 15) is 9.59 Å². The van der Waals surface area contributed by atoms with Gasteiger partial charge in [0.1, 0.15) is 12.1 Å². The van der Waals surface area contributed by atoms with Crippen molar-refractivity contribution in [3.05, 3.63) is 84.1 Å². The normalized spacial score (nSPS) is 17.5. The molecule has 2 aliphatic heterocycles. The van der Waals surface area contributed by atoms with E-state index in [1.807, 2.05) is 38.6 Å². The summed E-state index contributed by atoms with van der Waals surface area (Å²) < 4.78 is 1.82. The highest BCUT2D eigenvalue weighted by Gasteiger charge is 2.31. The molecule has 0 radical (unpaired) electrons. The zero-order valence-electron chi connectivity index (χ0n) is 21.5. The zero-order chi connectivity index (χ0) is 26.1. The molecule has 5 heterocycles. The van der Waals surface area contributed by atoms with Gasteiger partial charge in [0.25, 0.3) is 0 Å². The number of anilines is 1. The van der Waals surface area contributed by atoms with Crippen LogP contribution in [0.15, 0.2) is 67.4 Å². The van der Waals surface area contributed by atoms with Gasteiger partial charge >= 0.3 is 0 Å². The Kier molecular flexibility index (Phi) is 6.49. The van der Waals surface area contributed by atoms with Crippen LogP contribution in [0.2, 0.25) is 0 Å². The van der Waals surface area contributed by atoms with Crippen molar-refractivity contribution in [2.24, 2.45) is 0 Å². The highest BCUT2D eigenvalue weighted by atomic mass is 16.2. The minimum atomic E-state index is 0.0572. The first-order chi connectivity index (χ1) is 18.6. The number of amides is 2. The predicted octanol–water partition coefficient (Wildman–Crippen LogP) is 2.69. The van der Waals surface area contributed by atoms with Gasteiger partial charge in [0.15, 0.2) is 5.65 Å². The summed E-state index contributed by atoms with van der Waals surface area (Å²) in [5.74, 6) is 0.202. The lowest BCUT2D eigenvalue weighted by Crippen LogP contribution is -2.55. The van der Waals surface area contributed by atoms with Crippen LogP contribution in [0.3, 0.4) is 0 Å². The van der Waals surface area contributed by atoms with Crippen molar-refractivity contribution in [1.29, 1.82) is 0 Å². The van der Waals surface area contributed by atoms with Crippen molar-refractivity contribution in [1.82, 2.24) is 29.3 Å². The smallest absolute Gasteiger partial charge is 0.242 e. The van der Waals surface area contributed by atoms with Gasteiger partial charge in [-0.15, -0.1) is 0 Å². The van der Waals surface area contributed by atoms with Gasteiger partial charge in [-0.25, -0.2) is 9.97 Å². The number of aromatic nitrogens is 4. The molecule has 194 valence electrons. The minimum Gasteiger partial charge on any atom is -0.367 e. The second kappa shape index (κ2) is 10.2. The Morgan fingerprint density at radius 2 is 1.87 bits per heavy atom. The van der Waals surface area contributed by atoms with Crippen LogP contribution < -0.4 is 4.90 Å². The van der Waals surface area contributed by atoms with Gasteiger partial charge in [-0.2, -0.15) is 0 Å². The van der Waals surface area contributed by atoms with E-state index in [1.165, 1.54) is 16.8 Å². The number of rotatable bonds is 5. The van der Waals surface area contributed by atoms with Crippen molar-refractivity contribution < 1.29 is 9.59 Å². The van der Waals surface area contributed by atoms with E-state index in [0.717, 1.165) is 42.8 Å². The van der Waals surface area contributed by atoms with Gasteiger partial charge in [-0.3, -0.25) is 14.6 Å². The summed E-state index contributed by atoms with van der Waals surface area (Å²) in [6.07, 6.45) is 8.11. The van der Waals surface area contributed by atoms with Crippen LogP contribution in [0.25, 0.3) is 11.2 Å². The molecular weight excluding hydrogens is 478 g/mol. The highest BCUT2D eigenvalue weighted by molar-refractivity contribution is 5.80. The maximum absolute atomic E-state index is 13.2. The van der Waals surface area contributed by atoms with Gasteiger partial charge in [-0.05, 0) is 54.3 Å². The van der Waals surface area contributed by atoms with Gasteiger partial charge in [-0.1, -0.05) is 18.2 Å². The van der Waals surface area contributed by atoms with Crippen LogP contribution in [0, 0.1) is 0 Å². The standard InChI is InChI=1S/C29H31N7O2/c1-21-17-33(13-14-36(21)28(38)19-35-20-32-25-7-4-11-31-29(25)35)26-8-2-6-23-9-12-34(18-24(23)26)27(37)15-22-5-3-10-30-16-22/h2-8,10-11,16,20-21H,9,12-15,17-19H2,1H3. The maximum atomic E-state index is 13.2. The van der Waals surface area contributed by atoms with Crippen LogP contribution in [-0.4, -0.2) is 73.4 Å². The third kappa shape index (κ3) is 4.71. The number of pyridine rings is 2. The fourth-order valence-corrected chi connectivity index (χ4v) is 5.66. The fraction of sp³-hybridized carbons (Fsp3) is 0.345. The Hall–Kier alpha value is -4.27. The van der Waals surface area contributed by atoms with Gasteiger partial charge in [0.2, 0.25) is 11.8 Å². The molecule has 1 unspecified atom stereocenters. The zero-order valence-corrected chi connectivity index (χ0v) is 21.5. The van der Waals surface area contributed by atoms with Crippen LogP contribution in [0.1, 0.15) is 23.6 Å². The predicted molar refractivity (Wildman–Crippen MR) is 144 cm³/mol. The third-order valence-corrected chi connectivity index (χ3v) is 7.65. The summed E-state index contributed by atoms with van der Waals surface area (Å²) >= 11 is 0. The summed E-state index contributed by atoms with van der Waals surface area (Å²) in [7, 11) is 0. The van der Waals surface area contributed by atoms with E-state index in [1.54, 1.807) is 24.9 Å². The number of hydrogen-bond donors (Lipinski definition) is 0. The molecule has 9 nitrogen and oxygen atoms in total. The Morgan fingerprint density at radius 1 is 0.974 bits per heavy atom. The second-order valence-electron chi connectivity index (χ2n) is 10.1. The van der Waals surface area contributed by atoms with E-state index in [-0.39, 0.29) is 24.4 Å². The lowest BCUT2D eigenvalue weighted by molar-refractivity contribution is -0.134. The molecule has 0 N–H and O–H groups in total. The van der Waals surface area contributed by atoms with E-state index >= 15 is 0 Å². The molecule has 2 amide bonds. The van der Waals surface area contributed by atoms with Crippen LogP contribution in [0.4, 0.5) is 5.69 Å². The monoisotopic (exact) mass is 509 g/mol. The summed E-state index contributed by atoms with van der Waals surface area (Å²) in [5.41, 5.74) is 6.15. The molecule has 1 saturated heterocycles. The number of carbonyl (C=O) groups is 2. The molecule has 38 heavy (non-hydrogen) atoms. The Balaban J connectivity index is 1.13. The Labute approximate surface area is 221 Å². The number of imidazole rings is 1.